The van der Waals surface area contributed by atoms with Gasteiger partial charge in [0.05, 0.1) is 12.3 Å². The minimum Gasteiger partial charge on any atom is -0.345 e. The van der Waals surface area contributed by atoms with Crippen LogP contribution in [0.15, 0.2) is 48.5 Å². The average molecular weight is 344 g/mol. The molecule has 2 aromatic carbocycles. The van der Waals surface area contributed by atoms with Crippen molar-refractivity contribution in [3.05, 3.63) is 65.2 Å². The summed E-state index contributed by atoms with van der Waals surface area (Å²) in [5.74, 6) is -0.150. The predicted molar refractivity (Wildman–Crippen MR) is 94.5 cm³/mol. The summed E-state index contributed by atoms with van der Waals surface area (Å²) in [4.78, 5) is 12.5. The van der Waals surface area contributed by atoms with Crippen molar-refractivity contribution in [3.63, 3.8) is 0 Å². The number of benzene rings is 2. The number of nitrogens with one attached hydrogen (secondary N) is 2. The molecule has 0 saturated heterocycles. The maximum atomic E-state index is 12.5. The van der Waals surface area contributed by atoms with Gasteiger partial charge in [-0.3, -0.25) is 9.52 Å². The second kappa shape index (κ2) is 6.65. The Morgan fingerprint density at radius 3 is 2.50 bits per heavy atom. The van der Waals surface area contributed by atoms with Gasteiger partial charge in [-0.25, -0.2) is 8.42 Å². The minimum atomic E-state index is -3.32. The van der Waals surface area contributed by atoms with Crippen molar-refractivity contribution < 1.29 is 13.2 Å². The fourth-order valence-electron chi connectivity index (χ4n) is 3.05. The molecule has 24 heavy (non-hydrogen) atoms. The first-order valence-electron chi connectivity index (χ1n) is 7.89. The maximum Gasteiger partial charge on any atom is 0.251 e. The largest absolute Gasteiger partial charge is 0.345 e. The molecule has 0 aromatic heterocycles. The number of aryl methyl sites for hydroxylation is 1. The topological polar surface area (TPSA) is 75.3 Å². The lowest BCUT2D eigenvalue weighted by molar-refractivity contribution is 0.0933. The van der Waals surface area contributed by atoms with Crippen LogP contribution in [0.5, 0.6) is 0 Å². The van der Waals surface area contributed by atoms with E-state index in [1.165, 1.54) is 11.1 Å². The zero-order valence-corrected chi connectivity index (χ0v) is 14.3. The molecular formula is C18H20N2O3S. The monoisotopic (exact) mass is 344 g/mol. The normalized spacial score (nSPS) is 17.0. The Morgan fingerprint density at radius 2 is 1.79 bits per heavy atom. The third-order valence-corrected chi connectivity index (χ3v) is 4.73. The molecule has 5 nitrogen and oxygen atoms in total. The lowest BCUT2D eigenvalue weighted by Gasteiger charge is -2.26. The van der Waals surface area contributed by atoms with Gasteiger partial charge in [-0.1, -0.05) is 24.3 Å². The molecule has 3 rings (SSSR count). The Morgan fingerprint density at radius 1 is 1.08 bits per heavy atom. The molecule has 1 aliphatic carbocycles. The SMILES string of the molecule is CS(=O)(=O)Nc1ccc(C(=O)N[C@H]2CCCc3ccccc32)cc1. The van der Waals surface area contributed by atoms with Crippen LogP contribution >= 0.6 is 0 Å². The molecule has 1 amide bonds. The third-order valence-electron chi connectivity index (χ3n) is 4.13. The van der Waals surface area contributed by atoms with E-state index in [1.54, 1.807) is 24.3 Å². The van der Waals surface area contributed by atoms with Crippen LogP contribution in [-0.2, 0) is 16.4 Å². The highest BCUT2D eigenvalue weighted by molar-refractivity contribution is 7.92. The van der Waals surface area contributed by atoms with Gasteiger partial charge in [-0.2, -0.15) is 0 Å². The first kappa shape index (κ1) is 16.5. The van der Waals surface area contributed by atoms with E-state index in [-0.39, 0.29) is 11.9 Å². The van der Waals surface area contributed by atoms with E-state index in [2.05, 4.69) is 22.2 Å². The average Bonchev–Trinajstić information content (AvgIpc) is 2.54. The molecule has 0 spiro atoms. The van der Waals surface area contributed by atoms with E-state index >= 15 is 0 Å². The van der Waals surface area contributed by atoms with Gasteiger partial charge in [0.25, 0.3) is 5.91 Å². The van der Waals surface area contributed by atoms with Gasteiger partial charge in [0.15, 0.2) is 0 Å². The summed E-state index contributed by atoms with van der Waals surface area (Å²) in [5.41, 5.74) is 3.43. The standard InChI is InChI=1S/C18H20N2O3S/c1-24(22,23)20-15-11-9-14(10-12-15)18(21)19-17-8-4-6-13-5-2-3-7-16(13)17/h2-3,5,7,9-12,17,20H,4,6,8H2,1H3,(H,19,21)/t17-/m0/s1. The number of amides is 1. The van der Waals surface area contributed by atoms with E-state index < -0.39 is 10.0 Å². The van der Waals surface area contributed by atoms with Crippen molar-refractivity contribution in [2.24, 2.45) is 0 Å². The molecule has 0 saturated carbocycles. The number of hydrogen-bond acceptors (Lipinski definition) is 3. The molecule has 0 fully saturated rings. The van der Waals surface area contributed by atoms with Gasteiger partial charge in [-0.05, 0) is 54.7 Å². The van der Waals surface area contributed by atoms with Gasteiger partial charge in [-0.15, -0.1) is 0 Å². The second-order valence-corrected chi connectivity index (χ2v) is 7.82. The Balaban J connectivity index is 1.72. The van der Waals surface area contributed by atoms with Crippen LogP contribution in [0.4, 0.5) is 5.69 Å². The molecule has 1 aliphatic rings. The lowest BCUT2D eigenvalue weighted by atomic mass is 9.87. The zero-order chi connectivity index (χ0) is 17.2. The lowest BCUT2D eigenvalue weighted by Crippen LogP contribution is -2.30. The summed E-state index contributed by atoms with van der Waals surface area (Å²) in [6.45, 7) is 0. The molecule has 0 unspecified atom stereocenters. The number of anilines is 1. The van der Waals surface area contributed by atoms with Crippen LogP contribution in [0.25, 0.3) is 0 Å². The fourth-order valence-corrected chi connectivity index (χ4v) is 3.61. The molecule has 0 radical (unpaired) electrons. The Hall–Kier alpha value is -2.34. The van der Waals surface area contributed by atoms with Crippen LogP contribution in [0, 0.1) is 0 Å². The fraction of sp³-hybridized carbons (Fsp3) is 0.278. The van der Waals surface area contributed by atoms with E-state index in [0.717, 1.165) is 25.5 Å². The number of carbonyl (C=O) groups excluding carboxylic acids is 1. The summed E-state index contributed by atoms with van der Waals surface area (Å²) < 4.78 is 24.8. The van der Waals surface area contributed by atoms with Crippen molar-refractivity contribution in [2.75, 3.05) is 11.0 Å². The van der Waals surface area contributed by atoms with Crippen LogP contribution in [0.3, 0.4) is 0 Å². The van der Waals surface area contributed by atoms with Gasteiger partial charge >= 0.3 is 0 Å². The zero-order valence-electron chi connectivity index (χ0n) is 13.5. The smallest absolute Gasteiger partial charge is 0.251 e. The Bertz CT molecular complexity index is 845. The molecule has 0 aliphatic heterocycles. The Labute approximate surface area is 142 Å². The van der Waals surface area contributed by atoms with E-state index in [0.29, 0.717) is 11.3 Å². The highest BCUT2D eigenvalue weighted by Gasteiger charge is 2.21. The van der Waals surface area contributed by atoms with Gasteiger partial charge in [0.2, 0.25) is 10.0 Å². The van der Waals surface area contributed by atoms with Crippen molar-refractivity contribution in [2.45, 2.75) is 25.3 Å². The van der Waals surface area contributed by atoms with Gasteiger partial charge in [0, 0.05) is 11.3 Å². The third kappa shape index (κ3) is 3.94. The highest BCUT2D eigenvalue weighted by atomic mass is 32.2. The number of sulfonamides is 1. The van der Waals surface area contributed by atoms with Crippen LogP contribution < -0.4 is 10.0 Å². The summed E-state index contributed by atoms with van der Waals surface area (Å²) >= 11 is 0. The first-order chi connectivity index (χ1) is 11.4. The quantitative estimate of drug-likeness (QED) is 0.895. The van der Waals surface area contributed by atoms with Gasteiger partial charge in [0.1, 0.15) is 0 Å². The number of hydrogen-bond donors (Lipinski definition) is 2. The summed E-state index contributed by atoms with van der Waals surface area (Å²) in [7, 11) is -3.32. The molecule has 126 valence electrons. The minimum absolute atomic E-state index is 0.0243. The second-order valence-electron chi connectivity index (χ2n) is 6.07. The molecule has 0 heterocycles. The molecule has 1 atom stereocenters. The Kier molecular flexibility index (Phi) is 4.57. The van der Waals surface area contributed by atoms with Crippen LogP contribution in [0.1, 0.15) is 40.4 Å². The number of carbonyl (C=O) groups is 1. The van der Waals surface area contributed by atoms with E-state index in [4.69, 9.17) is 0 Å². The summed E-state index contributed by atoms with van der Waals surface area (Å²) in [6, 6.07) is 14.6. The molecule has 0 bridgehead atoms. The first-order valence-corrected chi connectivity index (χ1v) is 9.78. The van der Waals surface area contributed by atoms with Crippen molar-refractivity contribution in [3.8, 4) is 0 Å². The molecule has 2 aromatic rings. The summed E-state index contributed by atoms with van der Waals surface area (Å²) in [5, 5.41) is 3.08. The molecule has 6 heteroatoms. The predicted octanol–water partition coefficient (Wildman–Crippen LogP) is 2.87. The molecular weight excluding hydrogens is 324 g/mol. The van der Waals surface area contributed by atoms with E-state index in [1.807, 2.05) is 12.1 Å². The van der Waals surface area contributed by atoms with Crippen LogP contribution in [0.2, 0.25) is 0 Å². The number of rotatable bonds is 4. The maximum absolute atomic E-state index is 12.5. The van der Waals surface area contributed by atoms with Crippen molar-refractivity contribution in [1.29, 1.82) is 0 Å². The number of fused-ring (bicyclic) bond motifs is 1. The molecule has 2 N–H and O–H groups in total. The highest BCUT2D eigenvalue weighted by Crippen LogP contribution is 2.29. The van der Waals surface area contributed by atoms with Crippen molar-refractivity contribution in [1.82, 2.24) is 5.32 Å². The van der Waals surface area contributed by atoms with Crippen LogP contribution in [-0.4, -0.2) is 20.6 Å². The summed E-state index contributed by atoms with van der Waals surface area (Å²) in [6.07, 6.45) is 4.12. The van der Waals surface area contributed by atoms with Gasteiger partial charge < -0.3 is 5.32 Å². The van der Waals surface area contributed by atoms with E-state index in [9.17, 15) is 13.2 Å². The van der Waals surface area contributed by atoms with Crippen molar-refractivity contribution >= 4 is 21.6 Å².